The number of hydrogen-bond acceptors (Lipinski definition) is 0. The molecule has 0 aromatic carbocycles. The van der Waals surface area contributed by atoms with Crippen molar-refractivity contribution in [3.63, 3.8) is 0 Å². The maximum atomic E-state index is 4.14. The van der Waals surface area contributed by atoms with Crippen LogP contribution in [0.3, 0.4) is 0 Å². The minimum atomic E-state index is 0.479. The summed E-state index contributed by atoms with van der Waals surface area (Å²) in [7, 11) is 0. The quantitative estimate of drug-likeness (QED) is 0.374. The zero-order valence-corrected chi connectivity index (χ0v) is 8.82. The first-order valence-electron chi connectivity index (χ1n) is 5.17. The van der Waals surface area contributed by atoms with Crippen molar-refractivity contribution in [3.8, 4) is 0 Å². The molecular weight excluding hydrogens is 144 g/mol. The zero-order valence-electron chi connectivity index (χ0n) is 8.82. The van der Waals surface area contributed by atoms with Crippen molar-refractivity contribution in [1.82, 2.24) is 0 Å². The second-order valence-corrected chi connectivity index (χ2v) is 5.26. The van der Waals surface area contributed by atoms with Gasteiger partial charge in [0.25, 0.3) is 0 Å². The van der Waals surface area contributed by atoms with E-state index in [1.165, 1.54) is 37.7 Å². The Balaban J connectivity index is 2.58. The first-order valence-corrected chi connectivity index (χ1v) is 5.17. The van der Waals surface area contributed by atoms with E-state index in [-0.39, 0.29) is 0 Å². The Morgan fingerprint density at radius 3 is 2.50 bits per heavy atom. The average molecular weight is 166 g/mol. The van der Waals surface area contributed by atoms with Gasteiger partial charge in [0.2, 0.25) is 0 Å². The SMILES string of the molecule is C=C1CCCCC(C(C)(C)C)C1. The van der Waals surface area contributed by atoms with Gasteiger partial charge in [-0.3, -0.25) is 0 Å². The van der Waals surface area contributed by atoms with E-state index in [2.05, 4.69) is 27.4 Å². The summed E-state index contributed by atoms with van der Waals surface area (Å²) < 4.78 is 0. The molecule has 0 aliphatic heterocycles. The van der Waals surface area contributed by atoms with Crippen molar-refractivity contribution in [2.75, 3.05) is 0 Å². The summed E-state index contributed by atoms with van der Waals surface area (Å²) in [6.45, 7) is 11.2. The third kappa shape index (κ3) is 2.66. The molecule has 0 radical (unpaired) electrons. The van der Waals surface area contributed by atoms with Crippen LogP contribution in [-0.2, 0) is 0 Å². The molecule has 0 saturated heterocycles. The summed E-state index contributed by atoms with van der Waals surface area (Å²) in [5, 5.41) is 0. The van der Waals surface area contributed by atoms with Gasteiger partial charge in [-0.1, -0.05) is 39.3 Å². The minimum absolute atomic E-state index is 0.479. The molecule has 0 amide bonds. The third-order valence-electron chi connectivity index (χ3n) is 3.09. The van der Waals surface area contributed by atoms with Crippen LogP contribution in [0.25, 0.3) is 0 Å². The molecule has 12 heavy (non-hydrogen) atoms. The molecule has 0 bridgehead atoms. The van der Waals surface area contributed by atoms with Crippen molar-refractivity contribution in [1.29, 1.82) is 0 Å². The van der Waals surface area contributed by atoms with E-state index in [9.17, 15) is 0 Å². The molecule has 1 rings (SSSR count). The van der Waals surface area contributed by atoms with E-state index in [0.29, 0.717) is 5.41 Å². The van der Waals surface area contributed by atoms with E-state index in [4.69, 9.17) is 0 Å². The molecule has 1 saturated carbocycles. The molecule has 1 aliphatic carbocycles. The molecule has 0 nitrogen and oxygen atoms in total. The van der Waals surface area contributed by atoms with Gasteiger partial charge in [0.1, 0.15) is 0 Å². The van der Waals surface area contributed by atoms with Crippen LogP contribution in [0.5, 0.6) is 0 Å². The van der Waals surface area contributed by atoms with Crippen LogP contribution in [0.1, 0.15) is 52.9 Å². The van der Waals surface area contributed by atoms with Crippen LogP contribution in [0.15, 0.2) is 12.2 Å². The monoisotopic (exact) mass is 166 g/mol. The maximum Gasteiger partial charge on any atom is -0.0290 e. The molecule has 1 unspecified atom stereocenters. The normalized spacial score (nSPS) is 26.9. The molecule has 0 aromatic heterocycles. The Bertz CT molecular complexity index is 159. The third-order valence-corrected chi connectivity index (χ3v) is 3.09. The second-order valence-electron chi connectivity index (χ2n) is 5.26. The fourth-order valence-corrected chi connectivity index (χ4v) is 2.06. The van der Waals surface area contributed by atoms with Gasteiger partial charge >= 0.3 is 0 Å². The van der Waals surface area contributed by atoms with Gasteiger partial charge in [-0.2, -0.15) is 0 Å². The van der Waals surface area contributed by atoms with Crippen LogP contribution in [-0.4, -0.2) is 0 Å². The van der Waals surface area contributed by atoms with Crippen LogP contribution < -0.4 is 0 Å². The number of hydrogen-bond donors (Lipinski definition) is 0. The highest BCUT2D eigenvalue weighted by molar-refractivity contribution is 4.99. The topological polar surface area (TPSA) is 0 Å². The summed E-state index contributed by atoms with van der Waals surface area (Å²) in [6.07, 6.45) is 6.71. The van der Waals surface area contributed by atoms with Crippen LogP contribution in [0, 0.1) is 11.3 Å². The summed E-state index contributed by atoms with van der Waals surface area (Å²) in [6, 6.07) is 0. The lowest BCUT2D eigenvalue weighted by atomic mass is 9.76. The molecule has 70 valence electrons. The predicted molar refractivity (Wildman–Crippen MR) is 55.2 cm³/mol. The van der Waals surface area contributed by atoms with E-state index >= 15 is 0 Å². The smallest absolute Gasteiger partial charge is 0.0290 e. The fraction of sp³-hybridized carbons (Fsp3) is 0.833. The molecule has 1 atom stereocenters. The number of rotatable bonds is 0. The summed E-state index contributed by atoms with van der Waals surface area (Å²) in [4.78, 5) is 0. The molecule has 1 aliphatic rings. The first kappa shape index (κ1) is 9.83. The highest BCUT2D eigenvalue weighted by Gasteiger charge is 2.25. The van der Waals surface area contributed by atoms with Crippen molar-refractivity contribution < 1.29 is 0 Å². The van der Waals surface area contributed by atoms with Gasteiger partial charge in [0.05, 0.1) is 0 Å². The Kier molecular flexibility index (Phi) is 2.98. The van der Waals surface area contributed by atoms with Crippen LogP contribution in [0.4, 0.5) is 0 Å². The first-order chi connectivity index (χ1) is 5.50. The number of allylic oxidation sites excluding steroid dienone is 1. The van der Waals surface area contributed by atoms with Gasteiger partial charge in [0, 0.05) is 0 Å². The molecule has 0 spiro atoms. The van der Waals surface area contributed by atoms with E-state index in [0.717, 1.165) is 5.92 Å². The van der Waals surface area contributed by atoms with E-state index in [1.807, 2.05) is 0 Å². The Hall–Kier alpha value is -0.260. The summed E-state index contributed by atoms with van der Waals surface area (Å²) in [5.41, 5.74) is 1.96. The van der Waals surface area contributed by atoms with Crippen molar-refractivity contribution in [2.24, 2.45) is 11.3 Å². The fourth-order valence-electron chi connectivity index (χ4n) is 2.06. The highest BCUT2D eigenvalue weighted by Crippen LogP contribution is 2.38. The molecule has 0 heterocycles. The standard InChI is InChI=1S/C12H22/c1-10-7-5-6-8-11(9-10)12(2,3)4/h11H,1,5-9H2,2-4H3. The van der Waals surface area contributed by atoms with Crippen LogP contribution in [0.2, 0.25) is 0 Å². The lowest BCUT2D eigenvalue weighted by Crippen LogP contribution is -2.19. The van der Waals surface area contributed by atoms with Crippen LogP contribution >= 0.6 is 0 Å². The maximum absolute atomic E-state index is 4.14. The average Bonchev–Trinajstić information content (AvgIpc) is 2.11. The lowest BCUT2D eigenvalue weighted by molar-refractivity contribution is 0.226. The minimum Gasteiger partial charge on any atom is -0.0999 e. The van der Waals surface area contributed by atoms with Gasteiger partial charge in [-0.05, 0) is 37.0 Å². The Morgan fingerprint density at radius 1 is 1.25 bits per heavy atom. The van der Waals surface area contributed by atoms with Gasteiger partial charge in [-0.25, -0.2) is 0 Å². The van der Waals surface area contributed by atoms with Crippen molar-refractivity contribution >= 4 is 0 Å². The highest BCUT2D eigenvalue weighted by atomic mass is 14.3. The molecular formula is C12H22. The zero-order chi connectivity index (χ0) is 9.19. The van der Waals surface area contributed by atoms with Gasteiger partial charge in [-0.15, -0.1) is 0 Å². The summed E-state index contributed by atoms with van der Waals surface area (Å²) in [5.74, 6) is 0.868. The second kappa shape index (κ2) is 3.64. The van der Waals surface area contributed by atoms with E-state index in [1.54, 1.807) is 0 Å². The Morgan fingerprint density at radius 2 is 1.92 bits per heavy atom. The molecule has 0 aromatic rings. The van der Waals surface area contributed by atoms with Crippen molar-refractivity contribution in [2.45, 2.75) is 52.9 Å². The predicted octanol–water partition coefficient (Wildman–Crippen LogP) is 4.17. The van der Waals surface area contributed by atoms with E-state index < -0.39 is 0 Å². The molecule has 0 heteroatoms. The summed E-state index contributed by atoms with van der Waals surface area (Å²) >= 11 is 0. The van der Waals surface area contributed by atoms with Gasteiger partial charge < -0.3 is 0 Å². The molecule has 1 fully saturated rings. The van der Waals surface area contributed by atoms with Crippen molar-refractivity contribution in [3.05, 3.63) is 12.2 Å². The largest absolute Gasteiger partial charge is 0.0999 e. The Labute approximate surface area is 77.1 Å². The van der Waals surface area contributed by atoms with Gasteiger partial charge in [0.15, 0.2) is 0 Å². The lowest BCUT2D eigenvalue weighted by Gasteiger charge is -2.30. The molecule has 0 N–H and O–H groups in total.